The summed E-state index contributed by atoms with van der Waals surface area (Å²) < 4.78 is 40.2. The van der Waals surface area contributed by atoms with E-state index in [0.29, 0.717) is 4.68 Å². The van der Waals surface area contributed by atoms with Crippen molar-refractivity contribution < 1.29 is 23.1 Å². The first-order valence-corrected chi connectivity index (χ1v) is 4.87. The molecule has 0 aliphatic heterocycles. The molecule has 0 radical (unpaired) electrons. The number of rotatable bonds is 3. The van der Waals surface area contributed by atoms with Gasteiger partial charge in [0.2, 0.25) is 5.69 Å². The van der Waals surface area contributed by atoms with E-state index in [-0.39, 0.29) is 12.4 Å². The Hall–Kier alpha value is -2.46. The molecule has 0 saturated heterocycles. The van der Waals surface area contributed by atoms with E-state index in [4.69, 9.17) is 5.11 Å². The van der Waals surface area contributed by atoms with Crippen LogP contribution in [0.2, 0.25) is 0 Å². The number of aromatic carboxylic acids is 1. The second kappa shape index (κ2) is 4.33. The highest BCUT2D eigenvalue weighted by Gasteiger charge is 2.41. The van der Waals surface area contributed by atoms with Crippen LogP contribution in [0, 0.1) is 0 Å². The molecule has 0 unspecified atom stereocenters. The van der Waals surface area contributed by atoms with Gasteiger partial charge in [0.25, 0.3) is 0 Å². The first-order chi connectivity index (χ1) is 8.80. The first-order valence-electron chi connectivity index (χ1n) is 4.87. The third-order valence-corrected chi connectivity index (χ3v) is 2.30. The number of alkyl halides is 3. The van der Waals surface area contributed by atoms with Gasteiger partial charge in [-0.3, -0.25) is 4.68 Å². The van der Waals surface area contributed by atoms with E-state index < -0.39 is 23.5 Å². The van der Waals surface area contributed by atoms with E-state index in [9.17, 15) is 18.0 Å². The summed E-state index contributed by atoms with van der Waals surface area (Å²) >= 11 is 0. The standard InChI is InChI=1S/C8H7F3N6O2/c1-16-4(12-3-13-16)2-17-6(8(9,10)11)5(7(18)19)14-15-17/h3H,2H2,1H3,(H,18,19). The lowest BCUT2D eigenvalue weighted by Gasteiger charge is -2.09. The molecule has 2 aromatic rings. The van der Waals surface area contributed by atoms with Crippen molar-refractivity contribution in [3.05, 3.63) is 23.5 Å². The number of nitrogens with zero attached hydrogens (tertiary/aromatic N) is 6. The molecule has 102 valence electrons. The fourth-order valence-corrected chi connectivity index (χ4v) is 1.45. The molecule has 19 heavy (non-hydrogen) atoms. The van der Waals surface area contributed by atoms with Gasteiger partial charge in [0.15, 0.2) is 5.69 Å². The fraction of sp³-hybridized carbons (Fsp3) is 0.375. The average molecular weight is 276 g/mol. The topological polar surface area (TPSA) is 98.7 Å². The molecule has 8 nitrogen and oxygen atoms in total. The van der Waals surface area contributed by atoms with Gasteiger partial charge >= 0.3 is 12.1 Å². The van der Waals surface area contributed by atoms with Gasteiger partial charge in [-0.15, -0.1) is 5.10 Å². The quantitative estimate of drug-likeness (QED) is 0.858. The molecule has 1 N–H and O–H groups in total. The molecule has 0 atom stereocenters. The molecule has 11 heteroatoms. The second-order valence-corrected chi connectivity index (χ2v) is 3.55. The molecule has 0 fully saturated rings. The highest BCUT2D eigenvalue weighted by Crippen LogP contribution is 2.31. The van der Waals surface area contributed by atoms with E-state index in [0.717, 1.165) is 6.33 Å². The lowest BCUT2D eigenvalue weighted by Crippen LogP contribution is -2.20. The van der Waals surface area contributed by atoms with Crippen molar-refractivity contribution in [3.63, 3.8) is 0 Å². The number of hydrogen-bond acceptors (Lipinski definition) is 5. The second-order valence-electron chi connectivity index (χ2n) is 3.55. The summed E-state index contributed by atoms with van der Waals surface area (Å²) in [7, 11) is 1.49. The van der Waals surface area contributed by atoms with Crippen LogP contribution in [-0.2, 0) is 19.8 Å². The summed E-state index contributed by atoms with van der Waals surface area (Å²) in [5, 5.41) is 18.6. The number of hydrogen-bond donors (Lipinski definition) is 1. The molecule has 0 aliphatic rings. The van der Waals surface area contributed by atoms with Crippen LogP contribution in [0.4, 0.5) is 13.2 Å². The monoisotopic (exact) mass is 276 g/mol. The van der Waals surface area contributed by atoms with Crippen LogP contribution in [0.15, 0.2) is 6.33 Å². The van der Waals surface area contributed by atoms with Crippen LogP contribution >= 0.6 is 0 Å². The van der Waals surface area contributed by atoms with Crippen molar-refractivity contribution in [1.82, 2.24) is 29.8 Å². The Balaban J connectivity index is 2.47. The van der Waals surface area contributed by atoms with Crippen molar-refractivity contribution in [1.29, 1.82) is 0 Å². The van der Waals surface area contributed by atoms with E-state index in [2.05, 4.69) is 20.4 Å². The third-order valence-electron chi connectivity index (χ3n) is 2.30. The molecule has 2 rings (SSSR count). The maximum atomic E-state index is 12.8. The molecule has 0 aromatic carbocycles. The maximum Gasteiger partial charge on any atom is 0.435 e. The van der Waals surface area contributed by atoms with Gasteiger partial charge in [0.1, 0.15) is 18.7 Å². The van der Waals surface area contributed by atoms with E-state index >= 15 is 0 Å². The van der Waals surface area contributed by atoms with Crippen molar-refractivity contribution >= 4 is 5.97 Å². The number of carbonyl (C=O) groups is 1. The molecular weight excluding hydrogens is 269 g/mol. The van der Waals surface area contributed by atoms with E-state index in [1.165, 1.54) is 11.7 Å². The smallest absolute Gasteiger partial charge is 0.435 e. The molecule has 2 aromatic heterocycles. The highest BCUT2D eigenvalue weighted by atomic mass is 19.4. The summed E-state index contributed by atoms with van der Waals surface area (Å²) in [6, 6.07) is 0. The van der Waals surface area contributed by atoms with Crippen molar-refractivity contribution in [3.8, 4) is 0 Å². The van der Waals surface area contributed by atoms with Gasteiger partial charge in [0.05, 0.1) is 0 Å². The zero-order chi connectivity index (χ0) is 14.2. The number of aryl methyl sites for hydroxylation is 1. The van der Waals surface area contributed by atoms with Crippen LogP contribution in [0.1, 0.15) is 22.0 Å². The number of aromatic nitrogens is 6. The van der Waals surface area contributed by atoms with Crippen LogP contribution in [-0.4, -0.2) is 40.8 Å². The predicted molar refractivity (Wildman–Crippen MR) is 52.1 cm³/mol. The number of halogens is 3. The van der Waals surface area contributed by atoms with E-state index in [1.54, 1.807) is 0 Å². The zero-order valence-corrected chi connectivity index (χ0v) is 9.46. The molecule has 0 aliphatic carbocycles. The van der Waals surface area contributed by atoms with Gasteiger partial charge in [-0.05, 0) is 0 Å². The first kappa shape index (κ1) is 13.0. The van der Waals surface area contributed by atoms with Gasteiger partial charge in [0, 0.05) is 7.05 Å². The minimum absolute atomic E-state index is 0.187. The summed E-state index contributed by atoms with van der Waals surface area (Å²) in [6.07, 6.45) is -3.71. The number of carboxylic acid groups (broad SMARTS) is 1. The minimum atomic E-state index is -4.88. The Morgan fingerprint density at radius 1 is 1.47 bits per heavy atom. The summed E-state index contributed by atoms with van der Waals surface area (Å²) in [4.78, 5) is 14.4. The van der Waals surface area contributed by atoms with E-state index in [1.807, 2.05) is 0 Å². The molecule has 0 saturated carbocycles. The van der Waals surface area contributed by atoms with Gasteiger partial charge in [-0.2, -0.15) is 18.3 Å². The zero-order valence-electron chi connectivity index (χ0n) is 9.46. The van der Waals surface area contributed by atoms with Crippen LogP contribution in [0.3, 0.4) is 0 Å². The van der Waals surface area contributed by atoms with Crippen molar-refractivity contribution in [2.24, 2.45) is 7.05 Å². The molecular formula is C8H7F3N6O2. The van der Waals surface area contributed by atoms with Crippen LogP contribution in [0.25, 0.3) is 0 Å². The lowest BCUT2D eigenvalue weighted by molar-refractivity contribution is -0.144. The van der Waals surface area contributed by atoms with Gasteiger partial charge in [-0.25, -0.2) is 14.5 Å². The predicted octanol–water partition coefficient (Wildman–Crippen LogP) is 0.172. The molecule has 0 bridgehead atoms. The normalized spacial score (nSPS) is 11.8. The molecule has 0 amide bonds. The molecule has 2 heterocycles. The molecule has 0 spiro atoms. The van der Waals surface area contributed by atoms with Gasteiger partial charge in [-0.1, -0.05) is 5.21 Å². The van der Waals surface area contributed by atoms with Crippen LogP contribution < -0.4 is 0 Å². The SMILES string of the molecule is Cn1ncnc1Cn1nnc(C(=O)O)c1C(F)(F)F. The Bertz CT molecular complexity index is 616. The Labute approximate surface area is 103 Å². The summed E-state index contributed by atoms with van der Waals surface area (Å²) in [5.41, 5.74) is -2.57. The third kappa shape index (κ3) is 2.39. The summed E-state index contributed by atoms with van der Waals surface area (Å²) in [6.45, 7) is -0.383. The largest absolute Gasteiger partial charge is 0.476 e. The highest BCUT2D eigenvalue weighted by molar-refractivity contribution is 5.86. The fourth-order valence-electron chi connectivity index (χ4n) is 1.45. The average Bonchev–Trinajstić information content (AvgIpc) is 2.85. The Kier molecular flexibility index (Phi) is 2.96. The summed E-state index contributed by atoms with van der Waals surface area (Å²) in [5.74, 6) is -1.61. The Morgan fingerprint density at radius 2 is 2.16 bits per heavy atom. The van der Waals surface area contributed by atoms with Crippen molar-refractivity contribution in [2.75, 3.05) is 0 Å². The van der Waals surface area contributed by atoms with Crippen LogP contribution in [0.5, 0.6) is 0 Å². The van der Waals surface area contributed by atoms with Gasteiger partial charge < -0.3 is 5.11 Å². The maximum absolute atomic E-state index is 12.8. The number of carboxylic acids is 1. The lowest BCUT2D eigenvalue weighted by atomic mass is 10.3. The Morgan fingerprint density at radius 3 is 2.63 bits per heavy atom. The minimum Gasteiger partial charge on any atom is -0.476 e. The van der Waals surface area contributed by atoms with Crippen molar-refractivity contribution in [2.45, 2.75) is 12.7 Å².